The van der Waals surface area contributed by atoms with E-state index in [0.29, 0.717) is 10.8 Å². The Morgan fingerprint density at radius 3 is 3.00 bits per heavy atom. The number of carbonyl (C=O) groups is 1. The molecule has 9 heteroatoms. The van der Waals surface area contributed by atoms with Crippen molar-refractivity contribution < 1.29 is 9.18 Å². The van der Waals surface area contributed by atoms with Gasteiger partial charge in [0.2, 0.25) is 0 Å². The van der Waals surface area contributed by atoms with E-state index in [-0.39, 0.29) is 5.56 Å². The van der Waals surface area contributed by atoms with Crippen LogP contribution in [0, 0.1) is 5.82 Å². The number of benzene rings is 1. The monoisotopic (exact) mass is 290 g/mol. The number of rotatable bonds is 3. The largest absolute Gasteiger partial charge is 0.298 e. The van der Waals surface area contributed by atoms with Crippen molar-refractivity contribution >= 4 is 22.4 Å². The van der Waals surface area contributed by atoms with E-state index in [2.05, 4.69) is 25.8 Å². The van der Waals surface area contributed by atoms with Gasteiger partial charge < -0.3 is 0 Å². The summed E-state index contributed by atoms with van der Waals surface area (Å²) in [6.45, 7) is 0. The highest BCUT2D eigenvalue weighted by Gasteiger charge is 2.14. The van der Waals surface area contributed by atoms with Crippen molar-refractivity contribution in [2.24, 2.45) is 0 Å². The molecule has 0 aliphatic rings. The number of amides is 1. The Labute approximate surface area is 116 Å². The van der Waals surface area contributed by atoms with Crippen LogP contribution in [0.1, 0.15) is 10.4 Å². The molecule has 1 N–H and O–H groups in total. The van der Waals surface area contributed by atoms with Gasteiger partial charge in [-0.05, 0) is 28.6 Å². The van der Waals surface area contributed by atoms with Crippen molar-refractivity contribution in [3.8, 4) is 5.69 Å². The Kier molecular flexibility index (Phi) is 3.17. The summed E-state index contributed by atoms with van der Waals surface area (Å²) in [6.07, 6.45) is 2.91. The Balaban J connectivity index is 1.92. The summed E-state index contributed by atoms with van der Waals surface area (Å²) in [5.41, 5.74) is 0.383. The number of aromatic nitrogens is 5. The van der Waals surface area contributed by atoms with E-state index in [1.54, 1.807) is 11.6 Å². The first-order chi connectivity index (χ1) is 9.74. The lowest BCUT2D eigenvalue weighted by molar-refractivity contribution is 0.102. The minimum absolute atomic E-state index is 0.104. The van der Waals surface area contributed by atoms with Crippen molar-refractivity contribution in [3.05, 3.63) is 47.5 Å². The van der Waals surface area contributed by atoms with Gasteiger partial charge in [0.05, 0.1) is 11.3 Å². The number of hydrogen-bond donors (Lipinski definition) is 1. The Hall–Kier alpha value is -2.68. The summed E-state index contributed by atoms with van der Waals surface area (Å²) in [4.78, 5) is 15.9. The van der Waals surface area contributed by atoms with E-state index in [9.17, 15) is 9.18 Å². The number of halogens is 1. The van der Waals surface area contributed by atoms with Crippen LogP contribution in [-0.4, -0.2) is 31.1 Å². The van der Waals surface area contributed by atoms with Crippen LogP contribution < -0.4 is 5.32 Å². The maximum atomic E-state index is 13.8. The second-order valence-electron chi connectivity index (χ2n) is 3.71. The maximum Gasteiger partial charge on any atom is 0.260 e. The van der Waals surface area contributed by atoms with Gasteiger partial charge in [-0.25, -0.2) is 14.1 Å². The first-order valence-corrected chi connectivity index (χ1v) is 6.36. The summed E-state index contributed by atoms with van der Waals surface area (Å²) in [7, 11) is 0. The predicted octanol–water partition coefficient (Wildman–Crippen LogP) is 1.51. The highest BCUT2D eigenvalue weighted by molar-refractivity contribution is 7.13. The minimum Gasteiger partial charge on any atom is -0.298 e. The van der Waals surface area contributed by atoms with Crippen LogP contribution in [0.25, 0.3) is 5.69 Å². The van der Waals surface area contributed by atoms with Crippen LogP contribution in [0.5, 0.6) is 0 Å². The Morgan fingerprint density at radius 2 is 2.30 bits per heavy atom. The van der Waals surface area contributed by atoms with Gasteiger partial charge in [-0.1, -0.05) is 0 Å². The lowest BCUT2D eigenvalue weighted by Gasteiger charge is -2.05. The second-order valence-corrected chi connectivity index (χ2v) is 4.60. The molecule has 0 aliphatic heterocycles. The molecule has 1 amide bonds. The fourth-order valence-corrected chi connectivity index (χ4v) is 2.08. The molecule has 0 radical (unpaired) electrons. The molecule has 0 bridgehead atoms. The van der Waals surface area contributed by atoms with Crippen LogP contribution in [0.2, 0.25) is 0 Å². The molecular weight excluding hydrogens is 283 g/mol. The SMILES string of the molecule is O=C(Nc1nccs1)c1cc(-n2cnnn2)ccc1F. The van der Waals surface area contributed by atoms with Gasteiger partial charge >= 0.3 is 0 Å². The van der Waals surface area contributed by atoms with E-state index in [0.717, 1.165) is 0 Å². The van der Waals surface area contributed by atoms with Gasteiger partial charge in [-0.3, -0.25) is 10.1 Å². The van der Waals surface area contributed by atoms with Crippen molar-refractivity contribution in [2.45, 2.75) is 0 Å². The summed E-state index contributed by atoms with van der Waals surface area (Å²) in [5.74, 6) is -1.21. The Morgan fingerprint density at radius 1 is 1.40 bits per heavy atom. The van der Waals surface area contributed by atoms with Crippen LogP contribution in [0.4, 0.5) is 9.52 Å². The quantitative estimate of drug-likeness (QED) is 0.790. The van der Waals surface area contributed by atoms with Crippen LogP contribution in [-0.2, 0) is 0 Å². The van der Waals surface area contributed by atoms with Gasteiger partial charge in [-0.2, -0.15) is 0 Å². The fourth-order valence-electron chi connectivity index (χ4n) is 1.56. The van der Waals surface area contributed by atoms with Gasteiger partial charge in [0.1, 0.15) is 12.1 Å². The average molecular weight is 290 g/mol. The van der Waals surface area contributed by atoms with Crippen molar-refractivity contribution in [2.75, 3.05) is 5.32 Å². The third-order valence-corrected chi connectivity index (χ3v) is 3.15. The van der Waals surface area contributed by atoms with Gasteiger partial charge in [-0.15, -0.1) is 16.4 Å². The number of hydrogen-bond acceptors (Lipinski definition) is 6. The van der Waals surface area contributed by atoms with Gasteiger partial charge in [0.15, 0.2) is 5.13 Å². The first-order valence-electron chi connectivity index (χ1n) is 5.48. The minimum atomic E-state index is -0.629. The lowest BCUT2D eigenvalue weighted by Crippen LogP contribution is -2.14. The molecule has 7 nitrogen and oxygen atoms in total. The zero-order chi connectivity index (χ0) is 13.9. The molecule has 20 heavy (non-hydrogen) atoms. The van der Waals surface area contributed by atoms with Gasteiger partial charge in [0, 0.05) is 11.6 Å². The Bertz CT molecular complexity index is 727. The van der Waals surface area contributed by atoms with Crippen molar-refractivity contribution in [1.29, 1.82) is 0 Å². The zero-order valence-corrected chi connectivity index (χ0v) is 10.7. The summed E-state index contributed by atoms with van der Waals surface area (Å²) in [6, 6.07) is 4.04. The highest BCUT2D eigenvalue weighted by atomic mass is 32.1. The molecule has 0 saturated carbocycles. The van der Waals surface area contributed by atoms with Crippen LogP contribution in [0.3, 0.4) is 0 Å². The molecule has 2 aromatic heterocycles. The normalized spacial score (nSPS) is 10.4. The lowest BCUT2D eigenvalue weighted by atomic mass is 10.1. The van der Waals surface area contributed by atoms with E-state index >= 15 is 0 Å². The molecule has 0 saturated heterocycles. The molecule has 3 aromatic rings. The third-order valence-electron chi connectivity index (χ3n) is 2.46. The average Bonchev–Trinajstić information content (AvgIpc) is 3.11. The number of anilines is 1. The predicted molar refractivity (Wildman–Crippen MR) is 69.2 cm³/mol. The molecule has 1 aromatic carbocycles. The van der Waals surface area contributed by atoms with Gasteiger partial charge in [0.25, 0.3) is 5.91 Å². The molecule has 0 spiro atoms. The third kappa shape index (κ3) is 2.38. The molecular formula is C11H7FN6OS. The van der Waals surface area contributed by atoms with Crippen LogP contribution >= 0.6 is 11.3 Å². The number of carbonyl (C=O) groups excluding carboxylic acids is 1. The summed E-state index contributed by atoms with van der Waals surface area (Å²) >= 11 is 1.25. The summed E-state index contributed by atoms with van der Waals surface area (Å²) < 4.78 is 15.1. The maximum absolute atomic E-state index is 13.8. The van der Waals surface area contributed by atoms with E-state index < -0.39 is 11.7 Å². The number of nitrogens with one attached hydrogen (secondary N) is 1. The molecule has 0 unspecified atom stereocenters. The van der Waals surface area contributed by atoms with E-state index in [1.165, 1.54) is 40.5 Å². The van der Waals surface area contributed by atoms with E-state index in [1.807, 2.05) is 0 Å². The van der Waals surface area contributed by atoms with Crippen molar-refractivity contribution in [1.82, 2.24) is 25.2 Å². The van der Waals surface area contributed by atoms with Crippen molar-refractivity contribution in [3.63, 3.8) is 0 Å². The molecule has 0 fully saturated rings. The first kappa shape index (κ1) is 12.4. The molecule has 0 aliphatic carbocycles. The number of nitrogens with zero attached hydrogens (tertiary/aromatic N) is 5. The van der Waals surface area contributed by atoms with Crippen LogP contribution in [0.15, 0.2) is 36.1 Å². The molecule has 2 heterocycles. The fraction of sp³-hybridized carbons (Fsp3) is 0. The highest BCUT2D eigenvalue weighted by Crippen LogP contribution is 2.17. The summed E-state index contributed by atoms with van der Waals surface area (Å²) in [5, 5.41) is 15.3. The standard InChI is InChI=1S/C11H7FN6OS/c12-9-2-1-7(18-6-14-16-17-18)5-8(9)10(19)15-11-13-3-4-20-11/h1-6H,(H,13,15,19). The second kappa shape index (κ2) is 5.13. The topological polar surface area (TPSA) is 85.6 Å². The smallest absolute Gasteiger partial charge is 0.260 e. The molecule has 100 valence electrons. The molecule has 0 atom stereocenters. The van der Waals surface area contributed by atoms with E-state index in [4.69, 9.17) is 0 Å². The zero-order valence-electron chi connectivity index (χ0n) is 9.89. The number of thiazole rings is 1. The molecule has 3 rings (SSSR count). The number of tetrazole rings is 1.